The quantitative estimate of drug-likeness (QED) is 0.735. The van der Waals surface area contributed by atoms with Crippen LogP contribution in [0, 0.1) is 12.8 Å². The summed E-state index contributed by atoms with van der Waals surface area (Å²) in [6.45, 7) is 5.24. The number of likely N-dealkylation sites (tertiary alicyclic amines) is 1. The highest BCUT2D eigenvalue weighted by molar-refractivity contribution is 5.94. The summed E-state index contributed by atoms with van der Waals surface area (Å²) in [4.78, 5) is 22.9. The second-order valence-electron chi connectivity index (χ2n) is 7.47. The first-order chi connectivity index (χ1) is 13.2. The Labute approximate surface area is 159 Å². The van der Waals surface area contributed by atoms with Crippen LogP contribution >= 0.6 is 0 Å². The Bertz CT molecular complexity index is 790. The lowest BCUT2D eigenvalue weighted by Crippen LogP contribution is -2.66. The van der Waals surface area contributed by atoms with Gasteiger partial charge in [0.15, 0.2) is 0 Å². The van der Waals surface area contributed by atoms with Crippen LogP contribution in [0.2, 0.25) is 0 Å². The molecule has 2 fully saturated rings. The average Bonchev–Trinajstić information content (AvgIpc) is 3.08. The Balaban J connectivity index is 1.27. The molecule has 1 unspecified atom stereocenters. The minimum atomic E-state index is -0.193. The molecule has 27 heavy (non-hydrogen) atoms. The highest BCUT2D eigenvalue weighted by atomic mass is 16.5. The highest BCUT2D eigenvalue weighted by Gasteiger charge is 2.54. The van der Waals surface area contributed by atoms with E-state index < -0.39 is 0 Å². The molecule has 142 valence electrons. The number of carbonyl (C=O) groups is 1. The zero-order valence-corrected chi connectivity index (χ0v) is 15.6. The molecule has 6 nitrogen and oxygen atoms in total. The van der Waals surface area contributed by atoms with Crippen molar-refractivity contribution < 1.29 is 14.3 Å². The molecule has 1 amide bonds. The van der Waals surface area contributed by atoms with E-state index in [1.807, 2.05) is 36.1 Å². The summed E-state index contributed by atoms with van der Waals surface area (Å²) in [5.74, 6) is 0.471. The van der Waals surface area contributed by atoms with Gasteiger partial charge >= 0.3 is 0 Å². The van der Waals surface area contributed by atoms with Crippen LogP contribution < -0.4 is 0 Å². The number of hydrogen-bond donors (Lipinski definition) is 0. The second kappa shape index (κ2) is 7.74. The third-order valence-corrected chi connectivity index (χ3v) is 5.51. The fraction of sp³-hybridized carbons (Fsp3) is 0.476. The zero-order valence-electron chi connectivity index (χ0n) is 15.6. The summed E-state index contributed by atoms with van der Waals surface area (Å²) in [6.07, 6.45) is 7.15. The van der Waals surface area contributed by atoms with E-state index in [9.17, 15) is 4.79 Å². The summed E-state index contributed by atoms with van der Waals surface area (Å²) < 4.78 is 11.9. The fourth-order valence-corrected chi connectivity index (χ4v) is 4.03. The Morgan fingerprint density at radius 1 is 1.37 bits per heavy atom. The number of hydrogen-bond acceptors (Lipinski definition) is 5. The molecule has 2 saturated heterocycles. The van der Waals surface area contributed by atoms with Gasteiger partial charge in [-0.2, -0.15) is 0 Å². The summed E-state index contributed by atoms with van der Waals surface area (Å²) in [5.41, 5.74) is 2.40. The molecule has 2 aliphatic rings. The van der Waals surface area contributed by atoms with Crippen LogP contribution in [0.25, 0.3) is 0 Å². The lowest BCUT2D eigenvalue weighted by Gasteiger charge is -2.50. The van der Waals surface area contributed by atoms with Crippen LogP contribution in [-0.4, -0.2) is 52.7 Å². The number of pyridine rings is 2. The molecule has 0 saturated carbocycles. The smallest absolute Gasteiger partial charge is 0.255 e. The van der Waals surface area contributed by atoms with Crippen molar-refractivity contribution in [2.75, 3.05) is 26.3 Å². The Kier molecular flexibility index (Phi) is 5.18. The van der Waals surface area contributed by atoms with E-state index in [4.69, 9.17) is 9.47 Å². The summed E-state index contributed by atoms with van der Waals surface area (Å²) >= 11 is 0. The zero-order chi connectivity index (χ0) is 18.7. The van der Waals surface area contributed by atoms with E-state index in [2.05, 4.69) is 9.97 Å². The predicted molar refractivity (Wildman–Crippen MR) is 100 cm³/mol. The molecular formula is C21H25N3O3. The van der Waals surface area contributed by atoms with E-state index in [1.54, 1.807) is 18.6 Å². The molecule has 2 aromatic rings. The predicted octanol–water partition coefficient (Wildman–Crippen LogP) is 2.62. The summed E-state index contributed by atoms with van der Waals surface area (Å²) in [6, 6.07) is 7.73. The third kappa shape index (κ3) is 3.87. The van der Waals surface area contributed by atoms with Gasteiger partial charge in [-0.15, -0.1) is 0 Å². The van der Waals surface area contributed by atoms with Gasteiger partial charge in [-0.3, -0.25) is 14.8 Å². The molecule has 1 atom stereocenters. The number of nitrogens with zero attached hydrogens (tertiary/aromatic N) is 3. The minimum absolute atomic E-state index is 0.0393. The van der Waals surface area contributed by atoms with Gasteiger partial charge in [0.1, 0.15) is 5.60 Å². The average molecular weight is 367 g/mol. The largest absolute Gasteiger partial charge is 0.375 e. The Morgan fingerprint density at radius 3 is 3.04 bits per heavy atom. The highest BCUT2D eigenvalue weighted by Crippen LogP contribution is 2.42. The number of carbonyl (C=O) groups excluding carboxylic acids is 1. The van der Waals surface area contributed by atoms with Gasteiger partial charge in [0.05, 0.1) is 31.0 Å². The van der Waals surface area contributed by atoms with Crippen molar-refractivity contribution in [1.29, 1.82) is 0 Å². The molecule has 4 heterocycles. The van der Waals surface area contributed by atoms with Gasteiger partial charge in [0, 0.05) is 31.8 Å². The maximum absolute atomic E-state index is 12.6. The second-order valence-corrected chi connectivity index (χ2v) is 7.47. The Morgan fingerprint density at radius 2 is 2.26 bits per heavy atom. The van der Waals surface area contributed by atoms with E-state index in [0.717, 1.165) is 30.7 Å². The number of ether oxygens (including phenoxy) is 2. The lowest BCUT2D eigenvalue weighted by molar-refractivity contribution is -0.120. The maximum atomic E-state index is 12.6. The van der Waals surface area contributed by atoms with Crippen molar-refractivity contribution in [3.63, 3.8) is 0 Å². The van der Waals surface area contributed by atoms with Crippen LogP contribution in [-0.2, 0) is 16.1 Å². The van der Waals surface area contributed by atoms with Crippen LogP contribution in [0.1, 0.15) is 34.5 Å². The minimum Gasteiger partial charge on any atom is -0.375 e. The van der Waals surface area contributed by atoms with Crippen LogP contribution in [0.15, 0.2) is 42.9 Å². The standard InChI is InChI=1S/C21H25N3O3/c1-16-10-17(12-22-11-16)20(25)24-14-21(15-24)18(6-9-27-21)5-8-26-13-19-4-2-3-7-23-19/h2-4,7,10-12,18H,5-6,8-9,13-15H2,1H3. The first-order valence-electron chi connectivity index (χ1n) is 9.49. The lowest BCUT2D eigenvalue weighted by atomic mass is 9.79. The van der Waals surface area contributed by atoms with Gasteiger partial charge in [-0.1, -0.05) is 6.07 Å². The molecule has 0 aliphatic carbocycles. The van der Waals surface area contributed by atoms with Crippen LogP contribution in [0.3, 0.4) is 0 Å². The topological polar surface area (TPSA) is 64.6 Å². The molecule has 4 rings (SSSR count). The first-order valence-corrected chi connectivity index (χ1v) is 9.49. The number of aryl methyl sites for hydroxylation is 1. The fourth-order valence-electron chi connectivity index (χ4n) is 4.03. The molecule has 0 N–H and O–H groups in total. The van der Waals surface area contributed by atoms with E-state index in [-0.39, 0.29) is 11.5 Å². The first kappa shape index (κ1) is 18.1. The van der Waals surface area contributed by atoms with Crippen molar-refractivity contribution in [1.82, 2.24) is 14.9 Å². The van der Waals surface area contributed by atoms with Gasteiger partial charge in [0.2, 0.25) is 0 Å². The number of rotatable bonds is 6. The van der Waals surface area contributed by atoms with Crippen molar-refractivity contribution >= 4 is 5.91 Å². The molecular weight excluding hydrogens is 342 g/mol. The van der Waals surface area contributed by atoms with Gasteiger partial charge in [-0.25, -0.2) is 0 Å². The third-order valence-electron chi connectivity index (χ3n) is 5.51. The number of aromatic nitrogens is 2. The van der Waals surface area contributed by atoms with E-state index in [1.165, 1.54) is 0 Å². The molecule has 1 spiro atoms. The maximum Gasteiger partial charge on any atom is 0.255 e. The Hall–Kier alpha value is -2.31. The van der Waals surface area contributed by atoms with Crippen molar-refractivity contribution in [2.24, 2.45) is 5.92 Å². The van der Waals surface area contributed by atoms with E-state index >= 15 is 0 Å². The molecule has 2 aliphatic heterocycles. The molecule has 6 heteroatoms. The monoisotopic (exact) mass is 367 g/mol. The summed E-state index contributed by atoms with van der Waals surface area (Å²) in [5, 5.41) is 0. The summed E-state index contributed by atoms with van der Waals surface area (Å²) in [7, 11) is 0. The normalized spacial score (nSPS) is 20.6. The SMILES string of the molecule is Cc1cncc(C(=O)N2CC3(C2)OCCC3CCOCc2ccccn2)c1. The molecule has 0 radical (unpaired) electrons. The number of amides is 1. The molecule has 0 aromatic carbocycles. The van der Waals surface area contributed by atoms with E-state index in [0.29, 0.717) is 37.8 Å². The molecule has 2 aromatic heterocycles. The van der Waals surface area contributed by atoms with Crippen molar-refractivity contribution in [3.8, 4) is 0 Å². The van der Waals surface area contributed by atoms with Gasteiger partial charge in [0.25, 0.3) is 5.91 Å². The van der Waals surface area contributed by atoms with Crippen LogP contribution in [0.5, 0.6) is 0 Å². The van der Waals surface area contributed by atoms with Gasteiger partial charge < -0.3 is 14.4 Å². The van der Waals surface area contributed by atoms with Crippen molar-refractivity contribution in [2.45, 2.75) is 32.0 Å². The van der Waals surface area contributed by atoms with Crippen LogP contribution in [0.4, 0.5) is 0 Å². The molecule has 0 bridgehead atoms. The van der Waals surface area contributed by atoms with Gasteiger partial charge in [-0.05, 0) is 49.4 Å². The van der Waals surface area contributed by atoms with Crippen molar-refractivity contribution in [3.05, 3.63) is 59.7 Å².